The van der Waals surface area contributed by atoms with Crippen molar-refractivity contribution in [1.29, 1.82) is 0 Å². The minimum absolute atomic E-state index is 0.360. The van der Waals surface area contributed by atoms with Crippen LogP contribution in [-0.2, 0) is 15.1 Å². The summed E-state index contributed by atoms with van der Waals surface area (Å²) in [4.78, 5) is 20.2. The highest BCUT2D eigenvalue weighted by molar-refractivity contribution is 5.94. The third-order valence-electron chi connectivity index (χ3n) is 5.48. The first-order valence-corrected chi connectivity index (χ1v) is 10.4. The number of carbonyl (C=O) groups is 1. The lowest BCUT2D eigenvalue weighted by molar-refractivity contribution is -0.139. The molecule has 1 aromatic heterocycles. The Bertz CT molecular complexity index is 1270. The van der Waals surface area contributed by atoms with Gasteiger partial charge in [0.1, 0.15) is 18.1 Å². The van der Waals surface area contributed by atoms with E-state index in [-0.39, 0.29) is 0 Å². The first-order chi connectivity index (χ1) is 16.2. The van der Waals surface area contributed by atoms with E-state index in [9.17, 15) is 4.79 Å². The number of ether oxygens (including phenoxy) is 2. The molecule has 4 aromatic rings. The van der Waals surface area contributed by atoms with Crippen molar-refractivity contribution in [3.05, 3.63) is 120 Å². The summed E-state index contributed by atoms with van der Waals surface area (Å²) in [6.07, 6.45) is 2.83. The van der Waals surface area contributed by atoms with Crippen LogP contribution in [0.1, 0.15) is 28.4 Å². The van der Waals surface area contributed by atoms with Gasteiger partial charge >= 0.3 is 5.97 Å². The van der Waals surface area contributed by atoms with Gasteiger partial charge in [0.05, 0.1) is 0 Å². The SMILES string of the molecule is O=C(O)COc1cccc(C2(c3ccccc3)OC(c3cocn3)=NC2c2ccccc2)c1. The monoisotopic (exact) mass is 440 g/mol. The van der Waals surface area contributed by atoms with E-state index in [0.29, 0.717) is 17.3 Å². The van der Waals surface area contributed by atoms with Crippen LogP contribution in [0.25, 0.3) is 0 Å². The summed E-state index contributed by atoms with van der Waals surface area (Å²) >= 11 is 0. The normalized spacial score (nSPS) is 19.5. The van der Waals surface area contributed by atoms with Crippen molar-refractivity contribution < 1.29 is 23.8 Å². The van der Waals surface area contributed by atoms with Gasteiger partial charge in [0.15, 0.2) is 24.3 Å². The molecule has 33 heavy (non-hydrogen) atoms. The molecular weight excluding hydrogens is 420 g/mol. The van der Waals surface area contributed by atoms with Crippen LogP contribution in [-0.4, -0.2) is 28.6 Å². The zero-order chi connectivity index (χ0) is 22.7. The molecule has 0 saturated heterocycles. The predicted molar refractivity (Wildman–Crippen MR) is 120 cm³/mol. The second kappa shape index (κ2) is 8.63. The Hall–Kier alpha value is -4.39. The molecule has 7 nitrogen and oxygen atoms in total. The zero-order valence-corrected chi connectivity index (χ0v) is 17.5. The largest absolute Gasteiger partial charge is 0.482 e. The van der Waals surface area contributed by atoms with Gasteiger partial charge in [0.25, 0.3) is 0 Å². The number of aromatic nitrogens is 1. The van der Waals surface area contributed by atoms with E-state index < -0.39 is 24.2 Å². The third kappa shape index (κ3) is 3.85. The summed E-state index contributed by atoms with van der Waals surface area (Å²) in [5.41, 5.74) is 2.06. The molecule has 0 fully saturated rings. The average molecular weight is 440 g/mol. The minimum atomic E-state index is -1.05. The Morgan fingerprint density at radius 1 is 0.970 bits per heavy atom. The molecule has 2 heterocycles. The van der Waals surface area contributed by atoms with E-state index in [0.717, 1.165) is 16.7 Å². The molecular formula is C26H20N2O5. The van der Waals surface area contributed by atoms with Gasteiger partial charge in [-0.3, -0.25) is 0 Å². The van der Waals surface area contributed by atoms with Gasteiger partial charge in [-0.1, -0.05) is 72.8 Å². The van der Waals surface area contributed by atoms with E-state index in [1.807, 2.05) is 72.8 Å². The summed E-state index contributed by atoms with van der Waals surface area (Å²) < 4.78 is 17.3. The fraction of sp³-hybridized carbons (Fsp3) is 0.115. The van der Waals surface area contributed by atoms with Crippen molar-refractivity contribution in [2.75, 3.05) is 6.61 Å². The van der Waals surface area contributed by atoms with Crippen LogP contribution in [0.2, 0.25) is 0 Å². The summed E-state index contributed by atoms with van der Waals surface area (Å²) in [6.45, 7) is -0.439. The number of oxazole rings is 1. The van der Waals surface area contributed by atoms with Gasteiger partial charge in [-0.25, -0.2) is 14.8 Å². The Morgan fingerprint density at radius 2 is 1.70 bits per heavy atom. The fourth-order valence-electron chi connectivity index (χ4n) is 4.07. The van der Waals surface area contributed by atoms with Crippen LogP contribution in [0.4, 0.5) is 0 Å². The van der Waals surface area contributed by atoms with E-state index >= 15 is 0 Å². The van der Waals surface area contributed by atoms with Crippen LogP contribution in [0.5, 0.6) is 5.75 Å². The molecule has 3 aromatic carbocycles. The zero-order valence-electron chi connectivity index (χ0n) is 17.5. The fourth-order valence-corrected chi connectivity index (χ4v) is 4.07. The number of rotatable bonds is 7. The number of hydrogen-bond donors (Lipinski definition) is 1. The molecule has 7 heteroatoms. The molecule has 1 N–H and O–H groups in total. The van der Waals surface area contributed by atoms with E-state index in [2.05, 4.69) is 4.98 Å². The second-order valence-corrected chi connectivity index (χ2v) is 7.54. The van der Waals surface area contributed by atoms with Crippen molar-refractivity contribution >= 4 is 11.9 Å². The maximum absolute atomic E-state index is 11.0. The summed E-state index contributed by atoms with van der Waals surface area (Å²) in [5, 5.41) is 9.03. The molecule has 0 bridgehead atoms. The maximum atomic E-state index is 11.0. The predicted octanol–water partition coefficient (Wildman–Crippen LogP) is 4.60. The number of aliphatic imine (C=N–C) groups is 1. The number of nitrogens with zero attached hydrogens (tertiary/aromatic N) is 2. The number of aliphatic carboxylic acids is 1. The van der Waals surface area contributed by atoms with Crippen molar-refractivity contribution in [2.24, 2.45) is 4.99 Å². The van der Waals surface area contributed by atoms with Crippen LogP contribution in [0, 0.1) is 0 Å². The number of carboxylic acid groups (broad SMARTS) is 1. The van der Waals surface area contributed by atoms with E-state index in [1.165, 1.54) is 12.7 Å². The average Bonchev–Trinajstić information content (AvgIpc) is 3.53. The van der Waals surface area contributed by atoms with Gasteiger partial charge in [-0.15, -0.1) is 0 Å². The van der Waals surface area contributed by atoms with Crippen molar-refractivity contribution in [2.45, 2.75) is 11.6 Å². The maximum Gasteiger partial charge on any atom is 0.341 e. The Balaban J connectivity index is 1.70. The molecule has 5 rings (SSSR count). The van der Waals surface area contributed by atoms with E-state index in [1.54, 1.807) is 12.1 Å². The quantitative estimate of drug-likeness (QED) is 0.451. The molecule has 164 valence electrons. The van der Waals surface area contributed by atoms with Crippen molar-refractivity contribution in [3.63, 3.8) is 0 Å². The van der Waals surface area contributed by atoms with Crippen molar-refractivity contribution in [1.82, 2.24) is 4.98 Å². The smallest absolute Gasteiger partial charge is 0.341 e. The lowest BCUT2D eigenvalue weighted by Crippen LogP contribution is -2.34. The lowest BCUT2D eigenvalue weighted by atomic mass is 9.77. The van der Waals surface area contributed by atoms with E-state index in [4.69, 9.17) is 24.0 Å². The molecule has 2 atom stereocenters. The second-order valence-electron chi connectivity index (χ2n) is 7.54. The number of benzene rings is 3. The molecule has 0 saturated carbocycles. The topological polar surface area (TPSA) is 94.2 Å². The Labute approximate surface area is 190 Å². The Kier molecular flexibility index (Phi) is 5.36. The summed E-state index contributed by atoms with van der Waals surface area (Å²) in [7, 11) is 0. The Morgan fingerprint density at radius 3 is 2.39 bits per heavy atom. The van der Waals surface area contributed by atoms with Crippen LogP contribution >= 0.6 is 0 Å². The van der Waals surface area contributed by atoms with Gasteiger partial charge in [0, 0.05) is 11.1 Å². The summed E-state index contributed by atoms with van der Waals surface area (Å²) in [5.74, 6) is -0.261. The van der Waals surface area contributed by atoms with Gasteiger partial charge in [-0.2, -0.15) is 0 Å². The molecule has 1 aliphatic heterocycles. The van der Waals surface area contributed by atoms with Gasteiger partial charge in [-0.05, 0) is 17.7 Å². The highest BCUT2D eigenvalue weighted by atomic mass is 16.5. The molecule has 1 aliphatic rings. The third-order valence-corrected chi connectivity index (χ3v) is 5.48. The molecule has 0 amide bonds. The number of hydrogen-bond acceptors (Lipinski definition) is 6. The molecule has 0 spiro atoms. The molecule has 0 radical (unpaired) electrons. The minimum Gasteiger partial charge on any atom is -0.482 e. The highest BCUT2D eigenvalue weighted by Crippen LogP contribution is 2.51. The van der Waals surface area contributed by atoms with Crippen LogP contribution in [0.15, 0.2) is 107 Å². The van der Waals surface area contributed by atoms with Crippen LogP contribution in [0.3, 0.4) is 0 Å². The summed E-state index contributed by atoms with van der Waals surface area (Å²) in [6, 6.07) is 26.5. The van der Waals surface area contributed by atoms with Crippen molar-refractivity contribution in [3.8, 4) is 5.75 Å². The lowest BCUT2D eigenvalue weighted by Gasteiger charge is -2.35. The van der Waals surface area contributed by atoms with Crippen LogP contribution < -0.4 is 4.74 Å². The first-order valence-electron chi connectivity index (χ1n) is 10.4. The molecule has 0 aliphatic carbocycles. The first kappa shape index (κ1) is 20.5. The van der Waals surface area contributed by atoms with Gasteiger partial charge in [0.2, 0.25) is 5.90 Å². The highest BCUT2D eigenvalue weighted by Gasteiger charge is 2.51. The van der Waals surface area contributed by atoms with Gasteiger partial charge < -0.3 is 19.0 Å². The standard InChI is InChI=1S/C26H20N2O5/c29-23(30)16-32-21-13-7-12-20(14-21)26(19-10-5-2-6-11-19)24(18-8-3-1-4-9-18)28-25(33-26)22-15-31-17-27-22/h1-15,17,24H,16H2,(H,29,30). The molecule has 2 unspecified atom stereocenters. The number of carboxylic acids is 1.